The molecule has 0 radical (unpaired) electrons. The monoisotopic (exact) mass is 347 g/mol. The number of nitrogens with zero attached hydrogens (tertiary/aromatic N) is 5. The molecule has 0 spiro atoms. The predicted molar refractivity (Wildman–Crippen MR) is 93.4 cm³/mol. The molecule has 6 nitrogen and oxygen atoms in total. The Morgan fingerprint density at radius 3 is 2.83 bits per heavy atom. The van der Waals surface area contributed by atoms with Crippen molar-refractivity contribution in [3.63, 3.8) is 0 Å². The second kappa shape index (κ2) is 6.01. The lowest BCUT2D eigenvalue weighted by atomic mass is 10.1. The zero-order valence-electron chi connectivity index (χ0n) is 12.8. The van der Waals surface area contributed by atoms with Gasteiger partial charge in [-0.15, -0.1) is 15.3 Å². The van der Waals surface area contributed by atoms with Crippen molar-refractivity contribution in [3.05, 3.63) is 29.0 Å². The van der Waals surface area contributed by atoms with Crippen molar-refractivity contribution in [1.29, 1.82) is 0 Å². The van der Waals surface area contributed by atoms with Crippen LogP contribution in [0, 0.1) is 0 Å². The molecule has 0 saturated carbocycles. The van der Waals surface area contributed by atoms with Gasteiger partial charge < -0.3 is 4.90 Å². The van der Waals surface area contributed by atoms with E-state index in [1.54, 1.807) is 15.9 Å². The third-order valence-corrected chi connectivity index (χ3v) is 6.36. The number of hydrogen-bond acceptors (Lipinski definition) is 6. The maximum atomic E-state index is 11.5. The highest BCUT2D eigenvalue weighted by atomic mass is 32.2. The molecule has 0 bridgehead atoms. The summed E-state index contributed by atoms with van der Waals surface area (Å²) in [6.45, 7) is 0. The van der Waals surface area contributed by atoms with E-state index in [2.05, 4.69) is 22.1 Å². The first-order valence-corrected chi connectivity index (χ1v) is 9.98. The second-order valence-electron chi connectivity index (χ2n) is 5.69. The van der Waals surface area contributed by atoms with Crippen molar-refractivity contribution in [3.8, 4) is 11.4 Å². The highest BCUT2D eigenvalue weighted by Gasteiger charge is 2.23. The SMILES string of the molecule is CN(c1ccc2nnc(-c3ccsc3)n2n1)C1CCS(=O)CC1. The first-order valence-electron chi connectivity index (χ1n) is 7.55. The Bertz CT molecular complexity index is 835. The van der Waals surface area contributed by atoms with Crippen molar-refractivity contribution in [2.24, 2.45) is 0 Å². The molecule has 120 valence electrons. The lowest BCUT2D eigenvalue weighted by molar-refractivity contribution is 0.563. The van der Waals surface area contributed by atoms with Crippen LogP contribution in [-0.2, 0) is 10.8 Å². The average molecular weight is 347 g/mol. The van der Waals surface area contributed by atoms with Gasteiger partial charge in [-0.1, -0.05) is 0 Å². The maximum absolute atomic E-state index is 11.5. The number of fused-ring (bicyclic) bond motifs is 1. The zero-order chi connectivity index (χ0) is 15.8. The standard InChI is InChI=1S/C15H17N5OS2/c1-19(12-5-8-23(21)9-6-12)14-3-2-13-16-17-15(20(13)18-14)11-4-7-22-10-11/h2-4,7,10,12H,5-6,8-9H2,1H3. The van der Waals surface area contributed by atoms with Crippen molar-refractivity contribution < 1.29 is 4.21 Å². The van der Waals surface area contributed by atoms with E-state index in [1.807, 2.05) is 29.0 Å². The Balaban J connectivity index is 1.68. The van der Waals surface area contributed by atoms with Crippen LogP contribution in [0.1, 0.15) is 12.8 Å². The van der Waals surface area contributed by atoms with Gasteiger partial charge in [-0.25, -0.2) is 0 Å². The van der Waals surface area contributed by atoms with Gasteiger partial charge >= 0.3 is 0 Å². The van der Waals surface area contributed by atoms with E-state index in [4.69, 9.17) is 5.10 Å². The summed E-state index contributed by atoms with van der Waals surface area (Å²) < 4.78 is 13.3. The lowest BCUT2D eigenvalue weighted by Gasteiger charge is -2.31. The lowest BCUT2D eigenvalue weighted by Crippen LogP contribution is -2.38. The number of anilines is 1. The van der Waals surface area contributed by atoms with Gasteiger partial charge in [-0.05, 0) is 36.4 Å². The molecular weight excluding hydrogens is 330 g/mol. The summed E-state index contributed by atoms with van der Waals surface area (Å²) in [6.07, 6.45) is 1.89. The quantitative estimate of drug-likeness (QED) is 0.727. The van der Waals surface area contributed by atoms with E-state index in [0.29, 0.717) is 6.04 Å². The van der Waals surface area contributed by atoms with Crippen LogP contribution in [0.3, 0.4) is 0 Å². The maximum Gasteiger partial charge on any atom is 0.186 e. The Morgan fingerprint density at radius 2 is 2.09 bits per heavy atom. The highest BCUT2D eigenvalue weighted by Crippen LogP contribution is 2.24. The topological polar surface area (TPSA) is 63.4 Å². The van der Waals surface area contributed by atoms with Crippen LogP contribution < -0.4 is 4.90 Å². The summed E-state index contributed by atoms with van der Waals surface area (Å²) in [6, 6.07) is 6.34. The molecule has 4 rings (SSSR count). The van der Waals surface area contributed by atoms with Gasteiger partial charge in [0.15, 0.2) is 11.5 Å². The smallest absolute Gasteiger partial charge is 0.186 e. The Kier molecular flexibility index (Phi) is 3.86. The van der Waals surface area contributed by atoms with Gasteiger partial charge in [0.1, 0.15) is 5.82 Å². The predicted octanol–water partition coefficient (Wildman–Crippen LogP) is 2.20. The summed E-state index contributed by atoms with van der Waals surface area (Å²) in [5.74, 6) is 3.22. The summed E-state index contributed by atoms with van der Waals surface area (Å²) in [5.41, 5.74) is 1.77. The van der Waals surface area contributed by atoms with Gasteiger partial charge in [-0.3, -0.25) is 4.21 Å². The van der Waals surface area contributed by atoms with E-state index in [9.17, 15) is 4.21 Å². The largest absolute Gasteiger partial charge is 0.355 e. The number of rotatable bonds is 3. The van der Waals surface area contributed by atoms with Crippen molar-refractivity contribution in [2.45, 2.75) is 18.9 Å². The molecule has 1 aliphatic rings. The molecule has 0 unspecified atom stereocenters. The summed E-state index contributed by atoms with van der Waals surface area (Å²) in [7, 11) is 1.41. The summed E-state index contributed by atoms with van der Waals surface area (Å²) in [5, 5.41) is 17.3. The van der Waals surface area contributed by atoms with Crippen molar-refractivity contribution in [1.82, 2.24) is 19.8 Å². The number of aromatic nitrogens is 4. The fourth-order valence-corrected chi connectivity index (χ4v) is 4.80. The van der Waals surface area contributed by atoms with Crippen LogP contribution >= 0.6 is 11.3 Å². The highest BCUT2D eigenvalue weighted by molar-refractivity contribution is 7.85. The van der Waals surface area contributed by atoms with E-state index in [1.165, 1.54) is 0 Å². The van der Waals surface area contributed by atoms with Gasteiger partial charge in [0.2, 0.25) is 0 Å². The normalized spacial score (nSPS) is 21.6. The molecule has 1 saturated heterocycles. The fourth-order valence-electron chi connectivity index (χ4n) is 2.89. The van der Waals surface area contributed by atoms with Gasteiger partial charge in [-0.2, -0.15) is 15.9 Å². The van der Waals surface area contributed by atoms with Crippen molar-refractivity contribution >= 4 is 33.6 Å². The van der Waals surface area contributed by atoms with Gasteiger partial charge in [0, 0.05) is 46.3 Å². The molecule has 1 aliphatic heterocycles. The van der Waals surface area contributed by atoms with E-state index in [0.717, 1.165) is 47.2 Å². The molecule has 0 atom stereocenters. The first-order chi connectivity index (χ1) is 11.2. The van der Waals surface area contributed by atoms with Crippen LogP contribution in [0.5, 0.6) is 0 Å². The molecule has 1 fully saturated rings. The molecule has 0 aromatic carbocycles. The van der Waals surface area contributed by atoms with E-state index >= 15 is 0 Å². The van der Waals surface area contributed by atoms with Gasteiger partial charge in [0.25, 0.3) is 0 Å². The molecule has 4 heterocycles. The third kappa shape index (κ3) is 2.76. The Labute approximate surface area is 140 Å². The first kappa shape index (κ1) is 14.8. The van der Waals surface area contributed by atoms with Crippen LogP contribution in [0.4, 0.5) is 5.82 Å². The van der Waals surface area contributed by atoms with Crippen LogP contribution in [-0.4, -0.2) is 48.6 Å². The van der Waals surface area contributed by atoms with E-state index in [-0.39, 0.29) is 0 Å². The molecule has 0 N–H and O–H groups in total. The molecule has 23 heavy (non-hydrogen) atoms. The zero-order valence-corrected chi connectivity index (χ0v) is 14.4. The molecule has 3 aromatic rings. The Hall–Kier alpha value is -1.80. The minimum Gasteiger partial charge on any atom is -0.355 e. The van der Waals surface area contributed by atoms with Crippen molar-refractivity contribution in [2.75, 3.05) is 23.5 Å². The van der Waals surface area contributed by atoms with Crippen LogP contribution in [0.15, 0.2) is 29.0 Å². The third-order valence-electron chi connectivity index (χ3n) is 4.29. The molecule has 0 amide bonds. The van der Waals surface area contributed by atoms with Crippen LogP contribution in [0.25, 0.3) is 17.0 Å². The average Bonchev–Trinajstić information content (AvgIpc) is 3.23. The minimum absolute atomic E-state index is 0.388. The van der Waals surface area contributed by atoms with E-state index < -0.39 is 10.8 Å². The second-order valence-corrected chi connectivity index (χ2v) is 8.16. The summed E-state index contributed by atoms with van der Waals surface area (Å²) >= 11 is 1.63. The Morgan fingerprint density at radius 1 is 1.26 bits per heavy atom. The fraction of sp³-hybridized carbons (Fsp3) is 0.400. The minimum atomic E-state index is -0.645. The summed E-state index contributed by atoms with van der Waals surface area (Å²) in [4.78, 5) is 2.19. The number of hydrogen-bond donors (Lipinski definition) is 0. The number of thiophene rings is 1. The molecule has 3 aromatic heterocycles. The van der Waals surface area contributed by atoms with Gasteiger partial charge in [0.05, 0.1) is 0 Å². The molecular formula is C15H17N5OS2. The molecule has 0 aliphatic carbocycles. The molecule has 8 heteroatoms. The van der Waals surface area contributed by atoms with Crippen LogP contribution in [0.2, 0.25) is 0 Å².